The zero-order valence-corrected chi connectivity index (χ0v) is 23.2. The van der Waals surface area contributed by atoms with Crippen LogP contribution in [0.3, 0.4) is 0 Å². The number of halogens is 3. The molecule has 0 aliphatic carbocycles. The van der Waals surface area contributed by atoms with Crippen LogP contribution in [0.4, 0.5) is 13.2 Å². The van der Waals surface area contributed by atoms with Gasteiger partial charge >= 0.3 is 0 Å². The highest BCUT2D eigenvalue weighted by atomic mass is 19.1. The van der Waals surface area contributed by atoms with Crippen molar-refractivity contribution in [2.75, 3.05) is 13.2 Å². The Kier molecular flexibility index (Phi) is 7.35. The molecule has 224 valence electrons. The number of hydrogen-bond donors (Lipinski definition) is 1. The van der Waals surface area contributed by atoms with Crippen LogP contribution in [0.2, 0.25) is 0 Å². The van der Waals surface area contributed by atoms with Crippen molar-refractivity contribution in [1.82, 2.24) is 14.5 Å². The Hall–Kier alpha value is -4.42. The van der Waals surface area contributed by atoms with Crippen LogP contribution < -0.4 is 15.9 Å². The summed E-state index contributed by atoms with van der Waals surface area (Å²) >= 11 is 0. The molecule has 1 saturated heterocycles. The predicted molar refractivity (Wildman–Crippen MR) is 149 cm³/mol. The number of rotatable bonds is 7. The molecule has 3 aromatic rings. The first-order valence-corrected chi connectivity index (χ1v) is 13.8. The molecule has 6 rings (SSSR count). The summed E-state index contributed by atoms with van der Waals surface area (Å²) in [5, 5.41) is 1.32. The SMILES string of the molecule is C[C@H]1C=C[C@]2(CC(CF)N(Cc3ccc(F)cc3F)O2)[C@H]2CN1C(=O)c1c(OCc3ccccc3)c(=O)c(C(N)=O)cn12. The highest BCUT2D eigenvalue weighted by molar-refractivity contribution is 5.99. The number of aromatic nitrogens is 1. The average molecular weight is 595 g/mol. The second kappa shape index (κ2) is 11.0. The summed E-state index contributed by atoms with van der Waals surface area (Å²) in [5.41, 5.74) is 3.88. The number of ether oxygens (including phenoxy) is 1. The molecule has 1 spiro atoms. The summed E-state index contributed by atoms with van der Waals surface area (Å²) < 4.78 is 50.0. The molecule has 3 aliphatic heterocycles. The Morgan fingerprint density at radius 2 is 1.93 bits per heavy atom. The van der Waals surface area contributed by atoms with Crippen molar-refractivity contribution in [3.63, 3.8) is 0 Å². The number of benzene rings is 2. The molecule has 0 saturated carbocycles. The van der Waals surface area contributed by atoms with Gasteiger partial charge in [-0.3, -0.25) is 19.2 Å². The lowest BCUT2D eigenvalue weighted by molar-refractivity contribution is -0.210. The fourth-order valence-electron chi connectivity index (χ4n) is 6.06. The van der Waals surface area contributed by atoms with Gasteiger partial charge in [0.2, 0.25) is 5.43 Å². The molecule has 2 N–H and O–H groups in total. The van der Waals surface area contributed by atoms with E-state index >= 15 is 0 Å². The zero-order valence-electron chi connectivity index (χ0n) is 23.2. The van der Waals surface area contributed by atoms with Crippen molar-refractivity contribution in [2.45, 2.75) is 50.2 Å². The van der Waals surface area contributed by atoms with Gasteiger partial charge < -0.3 is 19.9 Å². The van der Waals surface area contributed by atoms with Gasteiger partial charge in [0, 0.05) is 36.8 Å². The topological polar surface area (TPSA) is 107 Å². The van der Waals surface area contributed by atoms with E-state index in [9.17, 15) is 27.6 Å². The number of nitrogens with two attached hydrogens (primary N) is 1. The van der Waals surface area contributed by atoms with Crippen molar-refractivity contribution in [1.29, 1.82) is 0 Å². The lowest BCUT2D eigenvalue weighted by Crippen LogP contribution is -2.53. The molecular formula is C31H29F3N4O5. The first-order valence-electron chi connectivity index (χ1n) is 13.8. The van der Waals surface area contributed by atoms with Gasteiger partial charge in [-0.05, 0) is 18.6 Å². The van der Waals surface area contributed by atoms with Crippen molar-refractivity contribution in [2.24, 2.45) is 5.73 Å². The zero-order chi connectivity index (χ0) is 30.5. The molecule has 4 heterocycles. The second-order valence-corrected chi connectivity index (χ2v) is 11.0. The minimum Gasteiger partial charge on any atom is -0.483 e. The van der Waals surface area contributed by atoms with E-state index in [1.165, 1.54) is 21.9 Å². The monoisotopic (exact) mass is 594 g/mol. The Morgan fingerprint density at radius 3 is 2.63 bits per heavy atom. The molecule has 4 atom stereocenters. The Bertz CT molecular complexity index is 1680. The Balaban J connectivity index is 1.46. The summed E-state index contributed by atoms with van der Waals surface area (Å²) in [4.78, 5) is 47.8. The number of nitrogens with zero attached hydrogens (tertiary/aromatic N) is 3. The molecule has 12 heteroatoms. The van der Waals surface area contributed by atoms with Gasteiger partial charge in [-0.1, -0.05) is 48.6 Å². The third kappa shape index (κ3) is 5.00. The molecule has 1 aromatic heterocycles. The first-order chi connectivity index (χ1) is 20.6. The normalized spacial score (nSPS) is 24.7. The van der Waals surface area contributed by atoms with Crippen LogP contribution in [-0.2, 0) is 18.0 Å². The second-order valence-electron chi connectivity index (χ2n) is 11.0. The van der Waals surface area contributed by atoms with E-state index < -0.39 is 59.3 Å². The third-order valence-electron chi connectivity index (χ3n) is 8.33. The molecule has 3 aliphatic rings. The predicted octanol–water partition coefficient (Wildman–Crippen LogP) is 3.67. The highest BCUT2D eigenvalue weighted by Gasteiger charge is 2.55. The number of hydrogen-bond acceptors (Lipinski definition) is 6. The van der Waals surface area contributed by atoms with E-state index in [1.807, 2.05) is 6.07 Å². The van der Waals surface area contributed by atoms with Gasteiger partial charge in [-0.2, -0.15) is 5.06 Å². The minimum atomic E-state index is -1.27. The number of amides is 2. The van der Waals surface area contributed by atoms with E-state index in [1.54, 1.807) is 48.2 Å². The summed E-state index contributed by atoms with van der Waals surface area (Å²) in [6, 6.07) is 10.1. The number of pyridine rings is 1. The highest BCUT2D eigenvalue weighted by Crippen LogP contribution is 2.47. The summed E-state index contributed by atoms with van der Waals surface area (Å²) in [6.07, 6.45) is 4.84. The van der Waals surface area contributed by atoms with Gasteiger partial charge in [-0.25, -0.2) is 13.2 Å². The van der Waals surface area contributed by atoms with E-state index in [4.69, 9.17) is 15.3 Å². The largest absolute Gasteiger partial charge is 0.483 e. The maximum Gasteiger partial charge on any atom is 0.275 e. The Morgan fingerprint density at radius 1 is 1.16 bits per heavy atom. The van der Waals surface area contributed by atoms with Gasteiger partial charge in [0.1, 0.15) is 36.1 Å². The fourth-order valence-corrected chi connectivity index (χ4v) is 6.06. The quantitative estimate of drug-likeness (QED) is 0.419. The molecular weight excluding hydrogens is 565 g/mol. The van der Waals surface area contributed by atoms with Crippen LogP contribution in [-0.4, -0.2) is 57.2 Å². The molecule has 43 heavy (non-hydrogen) atoms. The maximum absolute atomic E-state index is 14.6. The average Bonchev–Trinajstić information content (AvgIpc) is 3.29. The van der Waals surface area contributed by atoms with Crippen molar-refractivity contribution < 1.29 is 32.3 Å². The summed E-state index contributed by atoms with van der Waals surface area (Å²) in [5.74, 6) is -3.36. The van der Waals surface area contributed by atoms with Crippen molar-refractivity contribution in [3.8, 4) is 5.75 Å². The van der Waals surface area contributed by atoms with Gasteiger partial charge in [-0.15, -0.1) is 0 Å². The van der Waals surface area contributed by atoms with Crippen LogP contribution in [0, 0.1) is 11.6 Å². The van der Waals surface area contributed by atoms with Gasteiger partial charge in [0.15, 0.2) is 11.4 Å². The van der Waals surface area contributed by atoms with E-state index in [0.717, 1.165) is 17.7 Å². The van der Waals surface area contributed by atoms with E-state index in [-0.39, 0.29) is 48.7 Å². The lowest BCUT2D eigenvalue weighted by atomic mass is 9.86. The number of primary amides is 1. The number of carbonyl (C=O) groups is 2. The molecule has 0 radical (unpaired) electrons. The minimum absolute atomic E-state index is 0.0559. The van der Waals surface area contributed by atoms with Crippen LogP contribution >= 0.6 is 0 Å². The van der Waals surface area contributed by atoms with Gasteiger partial charge in [0.25, 0.3) is 11.8 Å². The van der Waals surface area contributed by atoms with Crippen LogP contribution in [0.5, 0.6) is 5.75 Å². The molecule has 2 aromatic carbocycles. The van der Waals surface area contributed by atoms with E-state index in [2.05, 4.69) is 0 Å². The standard InChI is InChI=1S/C31H29F3N4O5/c1-18-9-10-31(12-22(13-32)38(43-31)14-20-7-8-21(33)11-24(20)34)25-16-36(18)30(41)26-28(42-17-19-5-3-2-4-6-19)27(39)23(29(35)40)15-37(25)26/h2-11,15,18,22,25H,12-14,16-17H2,1H3,(H2,35,40)/t18-,22?,25+,31-/m0/s1. The summed E-state index contributed by atoms with van der Waals surface area (Å²) in [7, 11) is 0. The third-order valence-corrected chi connectivity index (χ3v) is 8.33. The molecule has 2 bridgehead atoms. The number of carbonyl (C=O) groups excluding carboxylic acids is 2. The van der Waals surface area contributed by atoms with Crippen molar-refractivity contribution in [3.05, 3.63) is 111 Å². The maximum atomic E-state index is 14.6. The molecule has 2 amide bonds. The number of fused-ring (bicyclic) bond motifs is 5. The summed E-state index contributed by atoms with van der Waals surface area (Å²) in [6.45, 7) is 0.832. The smallest absolute Gasteiger partial charge is 0.275 e. The lowest BCUT2D eigenvalue weighted by Gasteiger charge is -2.42. The van der Waals surface area contributed by atoms with Crippen LogP contribution in [0.15, 0.2) is 71.7 Å². The first kappa shape index (κ1) is 28.7. The number of alkyl halides is 1. The van der Waals surface area contributed by atoms with E-state index in [0.29, 0.717) is 0 Å². The molecule has 1 fully saturated rings. The van der Waals surface area contributed by atoms with Crippen LogP contribution in [0.1, 0.15) is 51.4 Å². The Labute approximate surface area is 244 Å². The van der Waals surface area contributed by atoms with Crippen molar-refractivity contribution >= 4 is 11.8 Å². The van der Waals surface area contributed by atoms with Gasteiger partial charge in [0.05, 0.1) is 18.6 Å². The van der Waals surface area contributed by atoms with Crippen LogP contribution in [0.25, 0.3) is 0 Å². The fraction of sp³-hybridized carbons (Fsp3) is 0.323. The molecule has 1 unspecified atom stereocenters. The number of hydroxylamine groups is 2. The molecule has 9 nitrogen and oxygen atoms in total.